The van der Waals surface area contributed by atoms with Crippen LogP contribution < -0.4 is 52.4 Å². The Morgan fingerprint density at radius 2 is 1.00 bits per heavy atom. The Balaban J connectivity index is -0.0000000267. The zero-order valence-corrected chi connectivity index (χ0v) is 6.43. The van der Waals surface area contributed by atoms with Gasteiger partial charge in [-0.1, -0.05) is 0 Å². The van der Waals surface area contributed by atoms with Crippen molar-refractivity contribution in [1.82, 2.24) is 0 Å². The summed E-state index contributed by atoms with van der Waals surface area (Å²) in [4.78, 5) is 25.6. The second-order valence-electron chi connectivity index (χ2n) is 0.447. The largest absolute Gasteiger partial charge is 2.00 e. The van der Waals surface area contributed by atoms with Crippen LogP contribution in [0.25, 0.3) is 0 Å². The summed E-state index contributed by atoms with van der Waals surface area (Å²) in [6.45, 7) is 0. The van der Waals surface area contributed by atoms with Gasteiger partial charge in [0.05, 0.1) is 0 Å². The van der Waals surface area contributed by atoms with E-state index in [1.54, 1.807) is 0 Å². The Kier molecular flexibility index (Phi) is 24.9. The summed E-state index contributed by atoms with van der Waals surface area (Å²) in [7, 11) is -5.39. The van der Waals surface area contributed by atoms with E-state index in [9.17, 15) is 0 Å². The fraction of sp³-hybridized carbons (Fsp3) is 0. The van der Waals surface area contributed by atoms with Gasteiger partial charge >= 0.3 is 54.8 Å². The third-order valence-corrected chi connectivity index (χ3v) is 0. The van der Waals surface area contributed by atoms with Crippen LogP contribution in [0.4, 0.5) is 0 Å². The molecule has 0 N–H and O–H groups in total. The van der Waals surface area contributed by atoms with Crippen LogP contribution >= 0.6 is 7.82 Å². The molecule has 0 aromatic heterocycles. The molecule has 0 spiro atoms. The molecule has 0 atom stereocenters. The smallest absolute Gasteiger partial charge is 0.822 e. The summed E-state index contributed by atoms with van der Waals surface area (Å²) in [5, 5.41) is 0. The van der Waals surface area contributed by atoms with E-state index < -0.39 is 7.82 Å². The van der Waals surface area contributed by atoms with E-state index >= 15 is 0 Å². The van der Waals surface area contributed by atoms with Crippen LogP contribution in [0.5, 0.6) is 0 Å². The Labute approximate surface area is 81.5 Å². The molecule has 0 radical (unpaired) electrons. The maximum absolute atomic E-state index is 8.55. The molecular formula is FeLi2O4P+. The summed E-state index contributed by atoms with van der Waals surface area (Å²) < 4.78 is 8.55. The predicted octanol–water partition coefficient (Wildman–Crippen LogP) is -8.82. The molecule has 0 amide bonds. The van der Waals surface area contributed by atoms with Gasteiger partial charge in [0.1, 0.15) is 0 Å². The van der Waals surface area contributed by atoms with Gasteiger partial charge in [-0.3, -0.25) is 0 Å². The fourth-order valence-electron chi connectivity index (χ4n) is 0. The van der Waals surface area contributed by atoms with E-state index in [4.69, 9.17) is 19.2 Å². The summed E-state index contributed by atoms with van der Waals surface area (Å²) in [6.07, 6.45) is 0. The first-order chi connectivity index (χ1) is 2.00. The average molecular weight is 165 g/mol. The molecule has 0 fully saturated rings. The van der Waals surface area contributed by atoms with Crippen molar-refractivity contribution in [1.29, 1.82) is 0 Å². The third kappa shape index (κ3) is 109. The zero-order valence-electron chi connectivity index (χ0n) is 4.43. The topological polar surface area (TPSA) is 86.2 Å². The van der Waals surface area contributed by atoms with Crippen LogP contribution in [-0.4, -0.2) is 0 Å². The minimum absolute atomic E-state index is 0. The van der Waals surface area contributed by atoms with Gasteiger partial charge in [0.15, 0.2) is 0 Å². The van der Waals surface area contributed by atoms with E-state index in [1.165, 1.54) is 0 Å². The summed E-state index contributed by atoms with van der Waals surface area (Å²) in [5.74, 6) is 0. The minimum atomic E-state index is -5.39. The Bertz CT molecular complexity index is 60.2. The number of phosphoric acid groups is 1. The van der Waals surface area contributed by atoms with Crippen LogP contribution in [0, 0.1) is 0 Å². The van der Waals surface area contributed by atoms with Crippen LogP contribution in [0.15, 0.2) is 0 Å². The van der Waals surface area contributed by atoms with Gasteiger partial charge in [0, 0.05) is 0 Å². The molecule has 0 bridgehead atoms. The monoisotopic (exact) mass is 165 g/mol. The van der Waals surface area contributed by atoms with Crippen LogP contribution in [-0.2, 0) is 21.6 Å². The molecule has 0 unspecified atom stereocenters. The standard InChI is InChI=1S/Fe.2Li.H3O4P/c;;;1-5(2,3)4/h;;;(H3,1,2,3,4)/q+2;2*+1;/p-3. The first-order valence-electron chi connectivity index (χ1n) is 0.730. The molecule has 0 aromatic carbocycles. The van der Waals surface area contributed by atoms with Gasteiger partial charge in [0.2, 0.25) is 0 Å². The number of hydrogen-bond acceptors (Lipinski definition) is 4. The zero-order chi connectivity index (χ0) is 4.50. The molecule has 4 nitrogen and oxygen atoms in total. The molecule has 0 aliphatic carbocycles. The molecule has 0 aliphatic heterocycles. The van der Waals surface area contributed by atoms with Crippen molar-refractivity contribution >= 4 is 7.82 Å². The Hall–Kier alpha value is 1.82. The molecule has 0 saturated carbocycles. The second kappa shape index (κ2) is 8.82. The van der Waals surface area contributed by atoms with Crippen molar-refractivity contribution in [3.63, 3.8) is 0 Å². The minimum Gasteiger partial charge on any atom is -0.822 e. The van der Waals surface area contributed by atoms with Gasteiger partial charge in [0.25, 0.3) is 0 Å². The van der Waals surface area contributed by atoms with Crippen molar-refractivity contribution in [2.75, 3.05) is 0 Å². The Morgan fingerprint density at radius 1 is 1.00 bits per heavy atom. The summed E-state index contributed by atoms with van der Waals surface area (Å²) in [6, 6.07) is 0. The van der Waals surface area contributed by atoms with E-state index in [2.05, 4.69) is 0 Å². The molecule has 0 aliphatic rings. The number of rotatable bonds is 0. The van der Waals surface area contributed by atoms with Crippen molar-refractivity contribution < 1.29 is 74.0 Å². The summed E-state index contributed by atoms with van der Waals surface area (Å²) in [5.41, 5.74) is 0. The maximum atomic E-state index is 8.55. The predicted molar refractivity (Wildman–Crippen MR) is 7.61 cm³/mol. The normalized spacial score (nSPS) is 7.38. The van der Waals surface area contributed by atoms with Crippen molar-refractivity contribution in [2.45, 2.75) is 0 Å². The third-order valence-electron chi connectivity index (χ3n) is 0. The molecular weight excluding hydrogens is 165 g/mol. The van der Waals surface area contributed by atoms with Gasteiger partial charge < -0.3 is 19.2 Å². The van der Waals surface area contributed by atoms with Crippen LogP contribution in [0.2, 0.25) is 0 Å². The van der Waals surface area contributed by atoms with Crippen molar-refractivity contribution in [3.05, 3.63) is 0 Å². The van der Waals surface area contributed by atoms with Crippen molar-refractivity contribution in [2.24, 2.45) is 0 Å². The first-order valence-corrected chi connectivity index (χ1v) is 2.19. The van der Waals surface area contributed by atoms with E-state index in [0.717, 1.165) is 0 Å². The van der Waals surface area contributed by atoms with E-state index in [-0.39, 0.29) is 54.8 Å². The summed E-state index contributed by atoms with van der Waals surface area (Å²) >= 11 is 0. The molecule has 38 valence electrons. The first kappa shape index (κ1) is 22.6. The molecule has 0 aromatic rings. The Morgan fingerprint density at radius 3 is 1.00 bits per heavy atom. The quantitative estimate of drug-likeness (QED) is 0.263. The average Bonchev–Trinajstić information content (AvgIpc) is 0.722. The van der Waals surface area contributed by atoms with Crippen LogP contribution in [0.3, 0.4) is 0 Å². The van der Waals surface area contributed by atoms with Crippen molar-refractivity contribution in [3.8, 4) is 0 Å². The van der Waals surface area contributed by atoms with E-state index in [0.29, 0.717) is 0 Å². The van der Waals surface area contributed by atoms with Gasteiger partial charge in [-0.05, 0) is 0 Å². The van der Waals surface area contributed by atoms with Gasteiger partial charge in [-0.15, -0.1) is 0 Å². The SMILES string of the molecule is O=P([O-])([O-])[O-].[Fe+2].[Li+].[Li+]. The molecule has 8 heavy (non-hydrogen) atoms. The second-order valence-corrected chi connectivity index (χ2v) is 1.34. The molecule has 0 rings (SSSR count). The van der Waals surface area contributed by atoms with E-state index in [1.807, 2.05) is 0 Å². The molecule has 0 saturated heterocycles. The molecule has 8 heteroatoms. The number of hydrogen-bond donors (Lipinski definition) is 0. The van der Waals surface area contributed by atoms with Gasteiger partial charge in [-0.2, -0.15) is 7.82 Å². The molecule has 0 heterocycles. The van der Waals surface area contributed by atoms with Gasteiger partial charge in [-0.25, -0.2) is 0 Å². The fourth-order valence-corrected chi connectivity index (χ4v) is 0. The maximum Gasteiger partial charge on any atom is 2.00 e. The van der Waals surface area contributed by atoms with Crippen LogP contribution in [0.1, 0.15) is 0 Å².